The van der Waals surface area contributed by atoms with Crippen molar-refractivity contribution in [3.8, 4) is 0 Å². The third-order valence-electron chi connectivity index (χ3n) is 4.65. The highest BCUT2D eigenvalue weighted by atomic mass is 79.9. The summed E-state index contributed by atoms with van der Waals surface area (Å²) < 4.78 is 15.1. The maximum Gasteiger partial charge on any atom is 0.256 e. The van der Waals surface area contributed by atoms with Crippen molar-refractivity contribution < 1.29 is 9.18 Å². The summed E-state index contributed by atoms with van der Waals surface area (Å²) in [5.41, 5.74) is 2.15. The van der Waals surface area contributed by atoms with Crippen LogP contribution < -0.4 is 0 Å². The summed E-state index contributed by atoms with van der Waals surface area (Å²) in [6.07, 6.45) is 3.43. The zero-order chi connectivity index (χ0) is 16.7. The summed E-state index contributed by atoms with van der Waals surface area (Å²) in [7, 11) is 0. The second-order valence-corrected chi connectivity index (χ2v) is 6.99. The minimum atomic E-state index is -0.245. The van der Waals surface area contributed by atoms with E-state index in [-0.39, 0.29) is 17.8 Å². The lowest BCUT2D eigenvalue weighted by molar-refractivity contribution is 0.0735. The number of amides is 1. The van der Waals surface area contributed by atoms with Gasteiger partial charge in [0.25, 0.3) is 5.91 Å². The molecule has 1 aromatic heterocycles. The molecule has 3 aromatic rings. The Kier molecular flexibility index (Phi) is 3.88. The lowest BCUT2D eigenvalue weighted by Crippen LogP contribution is -2.30. The predicted octanol–water partition coefficient (Wildman–Crippen LogP) is 5.05. The van der Waals surface area contributed by atoms with Gasteiger partial charge in [-0.2, -0.15) is 0 Å². The minimum Gasteiger partial charge on any atom is -0.360 e. The largest absolute Gasteiger partial charge is 0.360 e. The number of hydrogen-bond donors (Lipinski definition) is 1. The second-order valence-electron chi connectivity index (χ2n) is 6.07. The molecule has 24 heavy (non-hydrogen) atoms. The third kappa shape index (κ3) is 2.53. The van der Waals surface area contributed by atoms with E-state index in [4.69, 9.17) is 0 Å². The van der Waals surface area contributed by atoms with Gasteiger partial charge in [-0.15, -0.1) is 0 Å². The number of nitrogens with one attached hydrogen (secondary N) is 1. The zero-order valence-electron chi connectivity index (χ0n) is 12.9. The van der Waals surface area contributed by atoms with E-state index in [0.717, 1.165) is 28.2 Å². The number of nitrogens with zero attached hydrogens (tertiary/aromatic N) is 1. The molecule has 1 fully saturated rings. The molecule has 2 aromatic carbocycles. The van der Waals surface area contributed by atoms with Crippen LogP contribution >= 0.6 is 15.9 Å². The van der Waals surface area contributed by atoms with Gasteiger partial charge >= 0.3 is 0 Å². The number of carbonyl (C=O) groups is 1. The first-order valence-corrected chi connectivity index (χ1v) is 8.76. The fraction of sp³-hybridized carbons (Fsp3) is 0.211. The third-order valence-corrected chi connectivity index (χ3v) is 5.15. The number of hydrogen-bond acceptors (Lipinski definition) is 1. The van der Waals surface area contributed by atoms with Crippen LogP contribution in [0.2, 0.25) is 0 Å². The number of halogens is 2. The number of likely N-dealkylation sites (tertiary alicyclic amines) is 1. The molecule has 3 nitrogen and oxygen atoms in total. The lowest BCUT2D eigenvalue weighted by Gasteiger charge is -2.25. The first kappa shape index (κ1) is 15.4. The Balaban J connectivity index is 1.71. The van der Waals surface area contributed by atoms with Gasteiger partial charge in [0.1, 0.15) is 5.82 Å². The Morgan fingerprint density at radius 2 is 2.08 bits per heavy atom. The molecular formula is C19H16BrFN2O. The number of aromatic nitrogens is 1. The van der Waals surface area contributed by atoms with Crippen molar-refractivity contribution in [3.05, 3.63) is 70.1 Å². The molecular weight excluding hydrogens is 371 g/mol. The topological polar surface area (TPSA) is 36.1 Å². The molecule has 0 radical (unpaired) electrons. The van der Waals surface area contributed by atoms with Gasteiger partial charge in [0.05, 0.1) is 11.6 Å². The quantitative estimate of drug-likeness (QED) is 0.657. The van der Waals surface area contributed by atoms with Crippen LogP contribution in [-0.2, 0) is 0 Å². The molecule has 122 valence electrons. The Hall–Kier alpha value is -2.14. The summed E-state index contributed by atoms with van der Waals surface area (Å²) >= 11 is 3.44. The van der Waals surface area contributed by atoms with Crippen molar-refractivity contribution in [2.45, 2.75) is 18.9 Å². The molecule has 1 amide bonds. The Morgan fingerprint density at radius 3 is 2.92 bits per heavy atom. The molecule has 2 heterocycles. The van der Waals surface area contributed by atoms with Crippen molar-refractivity contribution >= 4 is 32.7 Å². The minimum absolute atomic E-state index is 0.0469. The van der Waals surface area contributed by atoms with Crippen LogP contribution in [0.3, 0.4) is 0 Å². The van der Waals surface area contributed by atoms with E-state index < -0.39 is 0 Å². The van der Waals surface area contributed by atoms with Gasteiger partial charge in [0.2, 0.25) is 0 Å². The van der Waals surface area contributed by atoms with Crippen LogP contribution in [0, 0.1) is 5.82 Å². The van der Waals surface area contributed by atoms with Crippen LogP contribution in [0.5, 0.6) is 0 Å². The standard InChI is InChI=1S/C19H16BrFN2O/c20-12-7-8-13-15(11-22-17(13)10-12)19(24)23-9-3-6-18(23)14-4-1-2-5-16(14)21/h1-2,4-5,7-8,10-11,18,22H,3,6,9H2. The fourth-order valence-corrected chi connectivity index (χ4v) is 3.87. The average Bonchev–Trinajstić information content (AvgIpc) is 3.21. The second kappa shape index (κ2) is 6.06. The van der Waals surface area contributed by atoms with Crippen LogP contribution in [-0.4, -0.2) is 22.3 Å². The maximum absolute atomic E-state index is 14.2. The molecule has 0 bridgehead atoms. The lowest BCUT2D eigenvalue weighted by atomic mass is 10.0. The SMILES string of the molecule is O=C(c1c[nH]c2cc(Br)ccc12)N1CCCC1c1ccccc1F. The molecule has 1 unspecified atom stereocenters. The van der Waals surface area contributed by atoms with E-state index in [2.05, 4.69) is 20.9 Å². The first-order valence-electron chi connectivity index (χ1n) is 7.97. The molecule has 4 rings (SSSR count). The highest BCUT2D eigenvalue weighted by Crippen LogP contribution is 2.35. The molecule has 1 aliphatic rings. The van der Waals surface area contributed by atoms with E-state index >= 15 is 0 Å². The van der Waals surface area contributed by atoms with Crippen molar-refractivity contribution in [1.82, 2.24) is 9.88 Å². The van der Waals surface area contributed by atoms with E-state index in [0.29, 0.717) is 17.7 Å². The average molecular weight is 387 g/mol. The fourth-order valence-electron chi connectivity index (χ4n) is 3.51. The summed E-state index contributed by atoms with van der Waals surface area (Å²) in [5, 5.41) is 0.891. The smallest absolute Gasteiger partial charge is 0.256 e. The van der Waals surface area contributed by atoms with Gasteiger partial charge in [-0.1, -0.05) is 40.2 Å². The molecule has 0 aliphatic carbocycles. The Labute approximate surface area is 147 Å². The number of rotatable bonds is 2. The van der Waals surface area contributed by atoms with Crippen LogP contribution in [0.4, 0.5) is 4.39 Å². The van der Waals surface area contributed by atoms with Crippen molar-refractivity contribution in [2.24, 2.45) is 0 Å². The van der Waals surface area contributed by atoms with Gasteiger partial charge in [-0.05, 0) is 31.0 Å². The molecule has 1 saturated heterocycles. The van der Waals surface area contributed by atoms with Gasteiger partial charge in [-0.3, -0.25) is 4.79 Å². The van der Waals surface area contributed by atoms with Gasteiger partial charge in [0, 0.05) is 33.7 Å². The number of benzene rings is 2. The van der Waals surface area contributed by atoms with Crippen molar-refractivity contribution in [1.29, 1.82) is 0 Å². The predicted molar refractivity (Wildman–Crippen MR) is 95.4 cm³/mol. The van der Waals surface area contributed by atoms with Gasteiger partial charge in [-0.25, -0.2) is 4.39 Å². The molecule has 0 spiro atoms. The van der Waals surface area contributed by atoms with Crippen molar-refractivity contribution in [3.63, 3.8) is 0 Å². The monoisotopic (exact) mass is 386 g/mol. The summed E-state index contributed by atoms with van der Waals surface area (Å²) in [6.45, 7) is 0.654. The Morgan fingerprint density at radius 1 is 1.25 bits per heavy atom. The number of aromatic amines is 1. The summed E-state index contributed by atoms with van der Waals surface area (Å²) in [6, 6.07) is 12.3. The molecule has 0 saturated carbocycles. The highest BCUT2D eigenvalue weighted by molar-refractivity contribution is 9.10. The van der Waals surface area contributed by atoms with E-state index in [9.17, 15) is 9.18 Å². The normalized spacial score (nSPS) is 17.6. The molecule has 5 heteroatoms. The number of fused-ring (bicyclic) bond motifs is 1. The summed E-state index contributed by atoms with van der Waals surface area (Å²) in [4.78, 5) is 18.0. The summed E-state index contributed by atoms with van der Waals surface area (Å²) in [5.74, 6) is -0.292. The van der Waals surface area contributed by atoms with Crippen LogP contribution in [0.15, 0.2) is 53.1 Å². The first-order chi connectivity index (χ1) is 11.6. The zero-order valence-corrected chi connectivity index (χ0v) is 14.5. The van der Waals surface area contributed by atoms with Gasteiger partial charge in [0.15, 0.2) is 0 Å². The van der Waals surface area contributed by atoms with E-state index in [1.807, 2.05) is 24.3 Å². The van der Waals surface area contributed by atoms with Gasteiger partial charge < -0.3 is 9.88 Å². The number of carbonyl (C=O) groups excluding carboxylic acids is 1. The van der Waals surface area contributed by atoms with Crippen LogP contribution in [0.1, 0.15) is 34.8 Å². The molecule has 1 aliphatic heterocycles. The van der Waals surface area contributed by atoms with Crippen molar-refractivity contribution in [2.75, 3.05) is 6.54 Å². The molecule has 1 N–H and O–H groups in total. The van der Waals surface area contributed by atoms with E-state index in [1.54, 1.807) is 23.2 Å². The highest BCUT2D eigenvalue weighted by Gasteiger charge is 2.33. The number of H-pyrrole nitrogens is 1. The van der Waals surface area contributed by atoms with E-state index in [1.165, 1.54) is 6.07 Å². The molecule has 1 atom stereocenters. The maximum atomic E-state index is 14.2. The van der Waals surface area contributed by atoms with Crippen LogP contribution in [0.25, 0.3) is 10.9 Å². The Bertz CT molecular complexity index is 921.